The van der Waals surface area contributed by atoms with Crippen LogP contribution in [0.1, 0.15) is 30.1 Å². The fraction of sp³-hybridized carbons (Fsp3) is 0.381. The average molecular weight is 496 g/mol. The molecule has 0 aromatic heterocycles. The molecule has 1 atom stereocenters. The number of ether oxygens (including phenoxy) is 1. The Morgan fingerprint density at radius 2 is 1.90 bits per heavy atom. The van der Waals surface area contributed by atoms with Gasteiger partial charge in [-0.05, 0) is 69.3 Å². The van der Waals surface area contributed by atoms with Crippen molar-refractivity contribution in [2.75, 3.05) is 25.4 Å². The van der Waals surface area contributed by atoms with Crippen LogP contribution in [-0.4, -0.2) is 52.0 Å². The molecule has 3 rings (SSSR count). The van der Waals surface area contributed by atoms with E-state index in [2.05, 4.69) is 44.8 Å². The quantitative estimate of drug-likeness (QED) is 0.555. The number of likely N-dealkylation sites (N-methyl/N-ethyl adjacent to an activating group) is 1. The van der Waals surface area contributed by atoms with Crippen molar-refractivity contribution in [1.82, 2.24) is 10.2 Å². The number of carbonyl (C=O) groups excluding carboxylic acids is 1. The topological polar surface area (TPSA) is 87.7 Å². The Morgan fingerprint density at radius 1 is 1.23 bits per heavy atom. The summed E-state index contributed by atoms with van der Waals surface area (Å²) >= 11 is 3.32. The minimum absolute atomic E-state index is 0.0938. The number of halogens is 1. The molecule has 162 valence electrons. The van der Waals surface area contributed by atoms with Gasteiger partial charge in [0, 0.05) is 34.4 Å². The first-order chi connectivity index (χ1) is 14.2. The Balaban J connectivity index is 1.76. The standard InChI is InChI=1S/C21H26BrN3O4S/c1-14(25(2)18-9-10-18)13-23-21(26)15-4-11-19(29-3)20(12-15)30(27,28)24-17-7-5-16(22)6-8-17/h4-8,11-12,14,18,24H,9-10,13H2,1-3H3,(H,23,26). The van der Waals surface area contributed by atoms with Crippen molar-refractivity contribution in [2.45, 2.75) is 36.7 Å². The summed E-state index contributed by atoms with van der Waals surface area (Å²) in [6, 6.07) is 11.9. The number of nitrogens with zero attached hydrogens (tertiary/aromatic N) is 1. The molecule has 2 aromatic carbocycles. The molecule has 1 fully saturated rings. The molecular weight excluding hydrogens is 470 g/mol. The minimum Gasteiger partial charge on any atom is -0.495 e. The van der Waals surface area contributed by atoms with Crippen molar-refractivity contribution in [1.29, 1.82) is 0 Å². The van der Waals surface area contributed by atoms with Crippen molar-refractivity contribution in [3.05, 3.63) is 52.5 Å². The van der Waals surface area contributed by atoms with Gasteiger partial charge in [-0.3, -0.25) is 14.4 Å². The molecule has 2 aromatic rings. The lowest BCUT2D eigenvalue weighted by atomic mass is 10.2. The molecule has 1 amide bonds. The van der Waals surface area contributed by atoms with Gasteiger partial charge in [0.05, 0.1) is 7.11 Å². The third kappa shape index (κ3) is 5.53. The van der Waals surface area contributed by atoms with E-state index in [9.17, 15) is 13.2 Å². The number of hydrogen-bond donors (Lipinski definition) is 2. The summed E-state index contributed by atoms with van der Waals surface area (Å²) in [4.78, 5) is 14.8. The molecule has 0 heterocycles. The summed E-state index contributed by atoms with van der Waals surface area (Å²) in [5.74, 6) is -0.160. The molecule has 0 radical (unpaired) electrons. The van der Waals surface area contributed by atoms with Crippen LogP contribution in [-0.2, 0) is 10.0 Å². The van der Waals surface area contributed by atoms with Gasteiger partial charge in [-0.2, -0.15) is 0 Å². The van der Waals surface area contributed by atoms with Crippen molar-refractivity contribution < 1.29 is 17.9 Å². The molecule has 30 heavy (non-hydrogen) atoms. The number of hydrogen-bond acceptors (Lipinski definition) is 5. The normalized spacial score (nSPS) is 15.0. The molecule has 0 bridgehead atoms. The van der Waals surface area contributed by atoms with Gasteiger partial charge in [-0.25, -0.2) is 8.42 Å². The maximum absolute atomic E-state index is 12.9. The van der Waals surface area contributed by atoms with E-state index >= 15 is 0 Å². The number of anilines is 1. The van der Waals surface area contributed by atoms with Crippen LogP contribution in [0.2, 0.25) is 0 Å². The Kier molecular flexibility index (Phi) is 7.05. The molecule has 1 aliphatic carbocycles. The van der Waals surface area contributed by atoms with Gasteiger partial charge in [0.15, 0.2) is 0 Å². The number of rotatable bonds is 9. The average Bonchev–Trinajstić information content (AvgIpc) is 3.57. The van der Waals surface area contributed by atoms with Crippen molar-refractivity contribution in [2.24, 2.45) is 0 Å². The lowest BCUT2D eigenvalue weighted by Crippen LogP contribution is -2.41. The van der Waals surface area contributed by atoms with Crippen LogP contribution >= 0.6 is 15.9 Å². The third-order valence-electron chi connectivity index (χ3n) is 5.19. The fourth-order valence-corrected chi connectivity index (χ4v) is 4.60. The van der Waals surface area contributed by atoms with Gasteiger partial charge in [-0.15, -0.1) is 0 Å². The van der Waals surface area contributed by atoms with E-state index in [4.69, 9.17) is 4.74 Å². The first-order valence-corrected chi connectivity index (χ1v) is 12.0. The monoisotopic (exact) mass is 495 g/mol. The van der Waals surface area contributed by atoms with Gasteiger partial charge in [0.25, 0.3) is 15.9 Å². The first-order valence-electron chi connectivity index (χ1n) is 9.68. The Labute approximate surface area is 186 Å². The lowest BCUT2D eigenvalue weighted by molar-refractivity contribution is 0.0939. The summed E-state index contributed by atoms with van der Waals surface area (Å²) in [5.41, 5.74) is 0.667. The van der Waals surface area contributed by atoms with E-state index in [0.717, 1.165) is 4.47 Å². The summed E-state index contributed by atoms with van der Waals surface area (Å²) in [6.07, 6.45) is 2.39. The van der Waals surface area contributed by atoms with Crippen LogP contribution in [0.3, 0.4) is 0 Å². The summed E-state index contributed by atoms with van der Waals surface area (Å²) < 4.78 is 34.5. The molecule has 7 nitrogen and oxygen atoms in total. The SMILES string of the molecule is COc1ccc(C(=O)NCC(C)N(C)C2CC2)cc1S(=O)(=O)Nc1ccc(Br)cc1. The number of methoxy groups -OCH3 is 1. The second-order valence-corrected chi connectivity index (χ2v) is 10.0. The van der Waals surface area contributed by atoms with Gasteiger partial charge in [0.1, 0.15) is 10.6 Å². The van der Waals surface area contributed by atoms with Gasteiger partial charge >= 0.3 is 0 Å². The molecule has 0 spiro atoms. The maximum atomic E-state index is 12.9. The maximum Gasteiger partial charge on any atom is 0.265 e. The Hall–Kier alpha value is -2.10. The van der Waals surface area contributed by atoms with Crippen molar-refractivity contribution >= 4 is 37.5 Å². The van der Waals surface area contributed by atoms with Crippen LogP contribution in [0, 0.1) is 0 Å². The predicted molar refractivity (Wildman–Crippen MR) is 121 cm³/mol. The molecule has 1 aliphatic rings. The highest BCUT2D eigenvalue weighted by Gasteiger charge is 2.29. The molecule has 1 unspecified atom stereocenters. The number of carbonyl (C=O) groups is 1. The summed E-state index contributed by atoms with van der Waals surface area (Å²) in [6.45, 7) is 2.54. The van der Waals surface area contributed by atoms with Gasteiger partial charge < -0.3 is 10.1 Å². The van der Waals surface area contributed by atoms with E-state index < -0.39 is 10.0 Å². The molecule has 1 saturated carbocycles. The third-order valence-corrected chi connectivity index (χ3v) is 7.12. The zero-order chi connectivity index (χ0) is 21.9. The Morgan fingerprint density at radius 3 is 2.50 bits per heavy atom. The van der Waals surface area contributed by atoms with Crippen molar-refractivity contribution in [3.63, 3.8) is 0 Å². The number of amides is 1. The van der Waals surface area contributed by atoms with E-state index in [1.807, 2.05) is 0 Å². The van der Waals surface area contributed by atoms with Crippen LogP contribution in [0.25, 0.3) is 0 Å². The van der Waals surface area contributed by atoms with E-state index in [1.54, 1.807) is 30.3 Å². The van der Waals surface area contributed by atoms with E-state index in [1.165, 1.54) is 32.1 Å². The molecular formula is C21H26BrN3O4S. The predicted octanol–water partition coefficient (Wildman–Crippen LogP) is 3.47. The number of sulfonamides is 1. The van der Waals surface area contributed by atoms with Crippen molar-refractivity contribution in [3.8, 4) is 5.75 Å². The largest absolute Gasteiger partial charge is 0.495 e. The smallest absolute Gasteiger partial charge is 0.265 e. The van der Waals surface area contributed by atoms with E-state index in [-0.39, 0.29) is 28.2 Å². The molecule has 2 N–H and O–H groups in total. The van der Waals surface area contributed by atoms with Crippen LogP contribution < -0.4 is 14.8 Å². The fourth-order valence-electron chi connectivity index (χ4n) is 3.08. The highest BCUT2D eigenvalue weighted by molar-refractivity contribution is 9.10. The minimum atomic E-state index is -3.95. The number of benzene rings is 2. The molecule has 0 saturated heterocycles. The van der Waals surface area contributed by atoms with Crippen LogP contribution in [0.5, 0.6) is 5.75 Å². The van der Waals surface area contributed by atoms with E-state index in [0.29, 0.717) is 18.3 Å². The Bertz CT molecular complexity index is 1010. The van der Waals surface area contributed by atoms with Gasteiger partial charge in [0.2, 0.25) is 0 Å². The number of nitrogens with one attached hydrogen (secondary N) is 2. The van der Waals surface area contributed by atoms with Gasteiger partial charge in [-0.1, -0.05) is 15.9 Å². The lowest BCUT2D eigenvalue weighted by Gasteiger charge is -2.24. The zero-order valence-electron chi connectivity index (χ0n) is 17.2. The second kappa shape index (κ2) is 9.36. The van der Waals surface area contributed by atoms with Crippen LogP contribution in [0.15, 0.2) is 51.8 Å². The molecule has 9 heteroatoms. The molecule has 0 aliphatic heterocycles. The van der Waals surface area contributed by atoms with Crippen LogP contribution in [0.4, 0.5) is 5.69 Å². The highest BCUT2D eigenvalue weighted by Crippen LogP contribution is 2.28. The summed E-state index contributed by atoms with van der Waals surface area (Å²) in [5, 5.41) is 2.89. The summed E-state index contributed by atoms with van der Waals surface area (Å²) in [7, 11) is -0.503. The zero-order valence-corrected chi connectivity index (χ0v) is 19.6. The second-order valence-electron chi connectivity index (χ2n) is 7.43. The highest BCUT2D eigenvalue weighted by atomic mass is 79.9. The first kappa shape index (κ1) is 22.6.